The summed E-state index contributed by atoms with van der Waals surface area (Å²) in [6.45, 7) is 3.77. The number of nitrogens with one attached hydrogen (secondary N) is 3. The standard InChI is InChI=1S/C14H21N3O/c1-10(14(18)15-2)17-13-7-8-16-9-11-5-3-4-6-12(11)13/h3-6,10,13,16-17H,7-9H2,1-2H3,(H,15,18). The van der Waals surface area contributed by atoms with Crippen molar-refractivity contribution in [1.29, 1.82) is 0 Å². The number of likely N-dealkylation sites (N-methyl/N-ethyl adjacent to an activating group) is 1. The monoisotopic (exact) mass is 247 g/mol. The molecule has 0 radical (unpaired) electrons. The van der Waals surface area contributed by atoms with Crippen molar-refractivity contribution in [3.05, 3.63) is 35.4 Å². The van der Waals surface area contributed by atoms with E-state index in [1.54, 1.807) is 7.05 Å². The van der Waals surface area contributed by atoms with Gasteiger partial charge in [-0.25, -0.2) is 0 Å². The molecule has 1 heterocycles. The van der Waals surface area contributed by atoms with E-state index < -0.39 is 0 Å². The van der Waals surface area contributed by atoms with Crippen LogP contribution in [0.25, 0.3) is 0 Å². The molecular formula is C14H21N3O. The van der Waals surface area contributed by atoms with Crippen LogP contribution >= 0.6 is 0 Å². The molecule has 0 aliphatic carbocycles. The summed E-state index contributed by atoms with van der Waals surface area (Å²) in [6.07, 6.45) is 0.998. The van der Waals surface area contributed by atoms with Crippen molar-refractivity contribution in [3.8, 4) is 0 Å². The Morgan fingerprint density at radius 1 is 1.44 bits per heavy atom. The van der Waals surface area contributed by atoms with E-state index in [0.29, 0.717) is 0 Å². The molecule has 18 heavy (non-hydrogen) atoms. The maximum Gasteiger partial charge on any atom is 0.236 e. The van der Waals surface area contributed by atoms with Gasteiger partial charge < -0.3 is 10.6 Å². The second-order valence-electron chi connectivity index (χ2n) is 4.72. The second kappa shape index (κ2) is 5.98. The molecular weight excluding hydrogens is 226 g/mol. The lowest BCUT2D eigenvalue weighted by molar-refractivity contribution is -0.122. The molecule has 0 saturated carbocycles. The zero-order valence-corrected chi connectivity index (χ0v) is 11.0. The largest absolute Gasteiger partial charge is 0.358 e. The van der Waals surface area contributed by atoms with Gasteiger partial charge in [-0.05, 0) is 31.0 Å². The highest BCUT2D eigenvalue weighted by atomic mass is 16.2. The van der Waals surface area contributed by atoms with E-state index in [0.717, 1.165) is 19.5 Å². The van der Waals surface area contributed by atoms with Crippen LogP contribution in [0.2, 0.25) is 0 Å². The van der Waals surface area contributed by atoms with Gasteiger partial charge in [0, 0.05) is 19.6 Å². The van der Waals surface area contributed by atoms with Crippen LogP contribution in [0.4, 0.5) is 0 Å². The smallest absolute Gasteiger partial charge is 0.236 e. The third kappa shape index (κ3) is 2.89. The highest BCUT2D eigenvalue weighted by molar-refractivity contribution is 5.81. The molecule has 1 aromatic carbocycles. The van der Waals surface area contributed by atoms with Gasteiger partial charge in [-0.15, -0.1) is 0 Å². The number of hydrogen-bond acceptors (Lipinski definition) is 3. The first kappa shape index (κ1) is 13.1. The zero-order valence-electron chi connectivity index (χ0n) is 11.0. The number of carbonyl (C=O) groups excluding carboxylic acids is 1. The summed E-state index contributed by atoms with van der Waals surface area (Å²) in [5.74, 6) is 0.0321. The predicted molar refractivity (Wildman–Crippen MR) is 72.2 cm³/mol. The molecule has 0 spiro atoms. The summed E-state index contributed by atoms with van der Waals surface area (Å²) < 4.78 is 0. The summed E-state index contributed by atoms with van der Waals surface area (Å²) in [5, 5.41) is 9.50. The van der Waals surface area contributed by atoms with Crippen LogP contribution in [0.3, 0.4) is 0 Å². The minimum absolute atomic E-state index is 0.0321. The van der Waals surface area contributed by atoms with Crippen LogP contribution in [0.1, 0.15) is 30.5 Å². The van der Waals surface area contributed by atoms with Crippen molar-refractivity contribution >= 4 is 5.91 Å². The van der Waals surface area contributed by atoms with E-state index in [-0.39, 0.29) is 18.0 Å². The van der Waals surface area contributed by atoms with Gasteiger partial charge in [0.1, 0.15) is 0 Å². The third-order valence-electron chi connectivity index (χ3n) is 3.45. The van der Waals surface area contributed by atoms with Crippen molar-refractivity contribution in [1.82, 2.24) is 16.0 Å². The minimum atomic E-state index is -0.175. The molecule has 0 fully saturated rings. The van der Waals surface area contributed by atoms with E-state index in [1.807, 2.05) is 6.92 Å². The Morgan fingerprint density at radius 2 is 2.22 bits per heavy atom. The summed E-state index contributed by atoms with van der Waals surface area (Å²) in [4.78, 5) is 11.6. The molecule has 1 aliphatic heterocycles. The van der Waals surface area contributed by atoms with Crippen LogP contribution in [-0.2, 0) is 11.3 Å². The third-order valence-corrected chi connectivity index (χ3v) is 3.45. The molecule has 0 saturated heterocycles. The Bertz CT molecular complexity index is 419. The van der Waals surface area contributed by atoms with E-state index in [1.165, 1.54) is 11.1 Å². The first-order valence-electron chi connectivity index (χ1n) is 6.48. The average Bonchev–Trinajstić information content (AvgIpc) is 2.60. The Labute approximate surface area is 108 Å². The molecule has 1 aromatic rings. The second-order valence-corrected chi connectivity index (χ2v) is 4.72. The van der Waals surface area contributed by atoms with E-state index in [4.69, 9.17) is 0 Å². The van der Waals surface area contributed by atoms with Crippen LogP contribution in [0.15, 0.2) is 24.3 Å². The number of carbonyl (C=O) groups is 1. The zero-order chi connectivity index (χ0) is 13.0. The fourth-order valence-corrected chi connectivity index (χ4v) is 2.43. The van der Waals surface area contributed by atoms with Crippen molar-refractivity contribution in [2.75, 3.05) is 13.6 Å². The predicted octanol–water partition coefficient (Wildman–Crippen LogP) is 0.945. The van der Waals surface area contributed by atoms with Gasteiger partial charge in [0.15, 0.2) is 0 Å². The summed E-state index contributed by atoms with van der Waals surface area (Å²) in [6, 6.07) is 8.48. The molecule has 1 aliphatic rings. The SMILES string of the molecule is CNC(=O)C(C)NC1CCNCc2ccccc21. The summed E-state index contributed by atoms with van der Waals surface area (Å²) in [5.41, 5.74) is 2.62. The fourth-order valence-electron chi connectivity index (χ4n) is 2.43. The first-order valence-corrected chi connectivity index (χ1v) is 6.48. The van der Waals surface area contributed by atoms with Gasteiger partial charge in [0.25, 0.3) is 0 Å². The van der Waals surface area contributed by atoms with E-state index in [9.17, 15) is 4.79 Å². The van der Waals surface area contributed by atoms with Crippen molar-refractivity contribution in [2.45, 2.75) is 32.0 Å². The maximum absolute atomic E-state index is 11.6. The molecule has 98 valence electrons. The molecule has 0 bridgehead atoms. The molecule has 4 nitrogen and oxygen atoms in total. The Morgan fingerprint density at radius 3 is 3.00 bits per heavy atom. The van der Waals surface area contributed by atoms with E-state index >= 15 is 0 Å². The molecule has 3 N–H and O–H groups in total. The van der Waals surface area contributed by atoms with Crippen LogP contribution < -0.4 is 16.0 Å². The summed E-state index contributed by atoms with van der Waals surface area (Å²) >= 11 is 0. The van der Waals surface area contributed by atoms with Crippen LogP contribution in [0.5, 0.6) is 0 Å². The van der Waals surface area contributed by atoms with Gasteiger partial charge in [0.05, 0.1) is 6.04 Å². The molecule has 0 aromatic heterocycles. The Hall–Kier alpha value is -1.39. The molecule has 2 rings (SSSR count). The lowest BCUT2D eigenvalue weighted by Gasteiger charge is -2.22. The van der Waals surface area contributed by atoms with Crippen molar-refractivity contribution in [2.24, 2.45) is 0 Å². The lowest BCUT2D eigenvalue weighted by Crippen LogP contribution is -2.42. The molecule has 4 heteroatoms. The Balaban J connectivity index is 2.15. The maximum atomic E-state index is 11.6. The van der Waals surface area contributed by atoms with Crippen molar-refractivity contribution in [3.63, 3.8) is 0 Å². The highest BCUT2D eigenvalue weighted by Crippen LogP contribution is 2.23. The van der Waals surface area contributed by atoms with Gasteiger partial charge >= 0.3 is 0 Å². The van der Waals surface area contributed by atoms with Gasteiger partial charge in [-0.2, -0.15) is 0 Å². The number of fused-ring (bicyclic) bond motifs is 1. The number of rotatable bonds is 3. The molecule has 2 unspecified atom stereocenters. The minimum Gasteiger partial charge on any atom is -0.358 e. The fraction of sp³-hybridized carbons (Fsp3) is 0.500. The van der Waals surface area contributed by atoms with Crippen LogP contribution in [-0.4, -0.2) is 25.5 Å². The number of hydrogen-bond donors (Lipinski definition) is 3. The van der Waals surface area contributed by atoms with Gasteiger partial charge in [0.2, 0.25) is 5.91 Å². The van der Waals surface area contributed by atoms with E-state index in [2.05, 4.69) is 40.2 Å². The van der Waals surface area contributed by atoms with Crippen LogP contribution in [0, 0.1) is 0 Å². The first-order chi connectivity index (χ1) is 8.72. The highest BCUT2D eigenvalue weighted by Gasteiger charge is 2.21. The normalized spacial score (nSPS) is 20.7. The topological polar surface area (TPSA) is 53.2 Å². The molecule has 1 amide bonds. The summed E-state index contributed by atoms with van der Waals surface area (Å²) in [7, 11) is 1.67. The molecule has 2 atom stereocenters. The number of benzene rings is 1. The average molecular weight is 247 g/mol. The Kier molecular flexibility index (Phi) is 4.33. The van der Waals surface area contributed by atoms with Crippen molar-refractivity contribution < 1.29 is 4.79 Å². The van der Waals surface area contributed by atoms with Gasteiger partial charge in [-0.1, -0.05) is 24.3 Å². The van der Waals surface area contributed by atoms with Gasteiger partial charge in [-0.3, -0.25) is 10.1 Å². The number of amides is 1. The lowest BCUT2D eigenvalue weighted by atomic mass is 9.98. The quantitative estimate of drug-likeness (QED) is 0.745.